The van der Waals surface area contributed by atoms with Crippen LogP contribution in [0.1, 0.15) is 5.69 Å². The molecule has 1 fully saturated rings. The molecule has 72 valence electrons. The standard InChI is InChI=1S/C9H11N5/c10-5-8-9(6-12-7-13-8)14-3-1-11-2-4-14/h6-7,11H,1-4H2. The van der Waals surface area contributed by atoms with E-state index in [2.05, 4.69) is 26.3 Å². The van der Waals surface area contributed by atoms with Crippen molar-refractivity contribution in [3.05, 3.63) is 18.2 Å². The smallest absolute Gasteiger partial charge is 0.167 e. The van der Waals surface area contributed by atoms with E-state index in [1.165, 1.54) is 6.33 Å². The van der Waals surface area contributed by atoms with Gasteiger partial charge < -0.3 is 10.2 Å². The van der Waals surface area contributed by atoms with Crippen LogP contribution in [0.5, 0.6) is 0 Å². The molecule has 0 unspecified atom stereocenters. The van der Waals surface area contributed by atoms with Gasteiger partial charge in [-0.1, -0.05) is 0 Å². The number of aromatic nitrogens is 2. The Bertz CT molecular complexity index is 350. The molecule has 1 saturated heterocycles. The van der Waals surface area contributed by atoms with Crippen LogP contribution in [-0.4, -0.2) is 36.1 Å². The Morgan fingerprint density at radius 1 is 1.43 bits per heavy atom. The largest absolute Gasteiger partial charge is 0.365 e. The predicted molar refractivity (Wildman–Crippen MR) is 51.8 cm³/mol. The summed E-state index contributed by atoms with van der Waals surface area (Å²) in [5, 5.41) is 12.1. The number of nitriles is 1. The fourth-order valence-corrected chi connectivity index (χ4v) is 1.55. The van der Waals surface area contributed by atoms with Crippen LogP contribution in [0.25, 0.3) is 0 Å². The number of anilines is 1. The highest BCUT2D eigenvalue weighted by atomic mass is 15.2. The average molecular weight is 189 g/mol. The van der Waals surface area contributed by atoms with Crippen LogP contribution in [0.3, 0.4) is 0 Å². The van der Waals surface area contributed by atoms with E-state index in [-0.39, 0.29) is 0 Å². The molecule has 1 aliphatic heterocycles. The van der Waals surface area contributed by atoms with Crippen molar-refractivity contribution in [2.45, 2.75) is 0 Å². The monoisotopic (exact) mass is 189 g/mol. The summed E-state index contributed by atoms with van der Waals surface area (Å²) in [5.41, 5.74) is 1.30. The molecule has 1 aromatic heterocycles. The van der Waals surface area contributed by atoms with Crippen molar-refractivity contribution in [1.29, 1.82) is 5.26 Å². The van der Waals surface area contributed by atoms with Crippen molar-refractivity contribution in [3.8, 4) is 6.07 Å². The van der Waals surface area contributed by atoms with Crippen LogP contribution in [0, 0.1) is 11.3 Å². The Balaban J connectivity index is 2.26. The molecule has 1 N–H and O–H groups in total. The first-order valence-electron chi connectivity index (χ1n) is 4.57. The molecule has 0 atom stereocenters. The molecule has 0 radical (unpaired) electrons. The van der Waals surface area contributed by atoms with E-state index in [1.54, 1.807) is 6.20 Å². The lowest BCUT2D eigenvalue weighted by atomic mass is 10.3. The summed E-state index contributed by atoms with van der Waals surface area (Å²) in [5.74, 6) is 0. The first-order valence-corrected chi connectivity index (χ1v) is 4.57. The average Bonchev–Trinajstić information content (AvgIpc) is 2.30. The molecule has 1 aromatic rings. The van der Waals surface area contributed by atoms with Gasteiger partial charge in [-0.25, -0.2) is 9.97 Å². The molecule has 14 heavy (non-hydrogen) atoms. The van der Waals surface area contributed by atoms with Gasteiger partial charge in [0, 0.05) is 26.2 Å². The highest BCUT2D eigenvalue weighted by Crippen LogP contribution is 2.15. The molecule has 2 heterocycles. The third kappa shape index (κ3) is 1.65. The van der Waals surface area contributed by atoms with Crippen molar-refractivity contribution in [3.63, 3.8) is 0 Å². The Labute approximate surface area is 82.4 Å². The molecule has 0 amide bonds. The van der Waals surface area contributed by atoms with Crippen molar-refractivity contribution in [1.82, 2.24) is 15.3 Å². The van der Waals surface area contributed by atoms with E-state index < -0.39 is 0 Å². The molecule has 5 nitrogen and oxygen atoms in total. The van der Waals surface area contributed by atoms with Crippen LogP contribution in [0.2, 0.25) is 0 Å². The van der Waals surface area contributed by atoms with Crippen LogP contribution in [0.4, 0.5) is 5.69 Å². The van der Waals surface area contributed by atoms with Gasteiger partial charge in [0.05, 0.1) is 11.9 Å². The van der Waals surface area contributed by atoms with E-state index in [0.29, 0.717) is 5.69 Å². The Kier molecular flexibility index (Phi) is 2.56. The number of nitrogens with zero attached hydrogens (tertiary/aromatic N) is 4. The number of hydrogen-bond acceptors (Lipinski definition) is 5. The van der Waals surface area contributed by atoms with E-state index >= 15 is 0 Å². The highest BCUT2D eigenvalue weighted by Gasteiger charge is 2.14. The summed E-state index contributed by atoms with van der Waals surface area (Å²) < 4.78 is 0. The summed E-state index contributed by atoms with van der Waals surface area (Å²) in [6.07, 6.45) is 3.11. The van der Waals surface area contributed by atoms with Gasteiger partial charge in [0.1, 0.15) is 12.4 Å². The van der Waals surface area contributed by atoms with Gasteiger partial charge in [-0.3, -0.25) is 0 Å². The van der Waals surface area contributed by atoms with Crippen LogP contribution >= 0.6 is 0 Å². The maximum atomic E-state index is 8.87. The molecule has 0 aromatic carbocycles. The van der Waals surface area contributed by atoms with Gasteiger partial charge >= 0.3 is 0 Å². The second-order valence-electron chi connectivity index (χ2n) is 3.11. The molecule has 0 aliphatic carbocycles. The minimum atomic E-state index is 0.460. The third-order valence-electron chi connectivity index (χ3n) is 2.26. The van der Waals surface area contributed by atoms with Crippen LogP contribution in [0.15, 0.2) is 12.5 Å². The van der Waals surface area contributed by atoms with Gasteiger partial charge in [0.2, 0.25) is 0 Å². The lowest BCUT2D eigenvalue weighted by molar-refractivity contribution is 0.587. The van der Waals surface area contributed by atoms with Gasteiger partial charge in [-0.05, 0) is 0 Å². The molecular formula is C9H11N5. The second kappa shape index (κ2) is 4.03. The number of hydrogen-bond donors (Lipinski definition) is 1. The third-order valence-corrected chi connectivity index (χ3v) is 2.26. The molecule has 2 rings (SSSR count). The number of piperazine rings is 1. The lowest BCUT2D eigenvalue weighted by Crippen LogP contribution is -2.43. The first kappa shape index (κ1) is 8.91. The lowest BCUT2D eigenvalue weighted by Gasteiger charge is -2.29. The summed E-state index contributed by atoms with van der Waals surface area (Å²) in [6.45, 7) is 3.70. The van der Waals surface area contributed by atoms with E-state index in [1.807, 2.05) is 0 Å². The first-order chi connectivity index (χ1) is 6.92. The molecule has 5 heteroatoms. The zero-order valence-electron chi connectivity index (χ0n) is 7.77. The fourth-order valence-electron chi connectivity index (χ4n) is 1.55. The molecular weight excluding hydrogens is 178 g/mol. The number of nitrogens with one attached hydrogen (secondary N) is 1. The maximum absolute atomic E-state index is 8.87. The number of rotatable bonds is 1. The topological polar surface area (TPSA) is 64.8 Å². The summed E-state index contributed by atoms with van der Waals surface area (Å²) in [4.78, 5) is 10.0. The molecule has 1 aliphatic rings. The normalized spacial score (nSPS) is 16.4. The van der Waals surface area contributed by atoms with E-state index in [9.17, 15) is 0 Å². The van der Waals surface area contributed by atoms with Crippen LogP contribution < -0.4 is 10.2 Å². The van der Waals surface area contributed by atoms with Crippen molar-refractivity contribution in [2.75, 3.05) is 31.1 Å². The van der Waals surface area contributed by atoms with Gasteiger partial charge in [-0.2, -0.15) is 5.26 Å². The maximum Gasteiger partial charge on any atom is 0.167 e. The fraction of sp³-hybridized carbons (Fsp3) is 0.444. The Hall–Kier alpha value is -1.67. The summed E-state index contributed by atoms with van der Waals surface area (Å²) >= 11 is 0. The van der Waals surface area contributed by atoms with Crippen molar-refractivity contribution >= 4 is 5.69 Å². The zero-order valence-corrected chi connectivity index (χ0v) is 7.77. The summed E-state index contributed by atoms with van der Waals surface area (Å²) in [6, 6.07) is 2.08. The minimum absolute atomic E-state index is 0.460. The predicted octanol–water partition coefficient (Wildman–Crippen LogP) is -0.242. The van der Waals surface area contributed by atoms with Gasteiger partial charge in [0.15, 0.2) is 5.69 Å². The molecule has 0 bridgehead atoms. The Morgan fingerprint density at radius 2 is 2.21 bits per heavy atom. The minimum Gasteiger partial charge on any atom is -0.365 e. The zero-order chi connectivity index (χ0) is 9.80. The summed E-state index contributed by atoms with van der Waals surface area (Å²) in [7, 11) is 0. The quantitative estimate of drug-likeness (QED) is 0.660. The molecule has 0 saturated carbocycles. The highest BCUT2D eigenvalue weighted by molar-refractivity contribution is 5.54. The van der Waals surface area contributed by atoms with Gasteiger partial charge in [0.25, 0.3) is 0 Å². The molecule has 0 spiro atoms. The van der Waals surface area contributed by atoms with Crippen molar-refractivity contribution < 1.29 is 0 Å². The van der Waals surface area contributed by atoms with E-state index in [0.717, 1.165) is 31.9 Å². The second-order valence-corrected chi connectivity index (χ2v) is 3.11. The van der Waals surface area contributed by atoms with Gasteiger partial charge in [-0.15, -0.1) is 0 Å². The van der Waals surface area contributed by atoms with Crippen LogP contribution in [-0.2, 0) is 0 Å². The van der Waals surface area contributed by atoms with Crippen molar-refractivity contribution in [2.24, 2.45) is 0 Å². The SMILES string of the molecule is N#Cc1ncncc1N1CCNCC1. The van der Waals surface area contributed by atoms with E-state index in [4.69, 9.17) is 5.26 Å². The Morgan fingerprint density at radius 3 is 2.93 bits per heavy atom.